The highest BCUT2D eigenvalue weighted by Crippen LogP contribution is 2.35. The maximum Gasteiger partial charge on any atom is 0.573 e. The van der Waals surface area contributed by atoms with Gasteiger partial charge in [0.1, 0.15) is 12.4 Å². The molecule has 148 valence electrons. The minimum atomic E-state index is -4.66. The molecule has 0 amide bonds. The van der Waals surface area contributed by atoms with Crippen LogP contribution in [0.25, 0.3) is 0 Å². The predicted molar refractivity (Wildman–Crippen MR) is 92.5 cm³/mol. The van der Waals surface area contributed by atoms with E-state index in [9.17, 15) is 18.0 Å². The molecule has 4 rings (SSSR count). The van der Waals surface area contributed by atoms with Crippen molar-refractivity contribution in [3.63, 3.8) is 0 Å². The van der Waals surface area contributed by atoms with Crippen LogP contribution in [-0.2, 0) is 9.53 Å². The van der Waals surface area contributed by atoms with Crippen molar-refractivity contribution >= 4 is 11.7 Å². The standard InChI is InChI=1S/C19H23F3N2O3/c20-19(21,22)27-17-5-3-15(4-6-17)24-10-14(11-24)13-2-1-7-23(9-13)16-8-18(25)26-12-16/h3-6,13-14,16H,1-2,7-12H2. The molecule has 27 heavy (non-hydrogen) atoms. The molecule has 0 saturated carbocycles. The van der Waals surface area contributed by atoms with E-state index in [0.717, 1.165) is 38.3 Å². The monoisotopic (exact) mass is 384 g/mol. The van der Waals surface area contributed by atoms with Crippen LogP contribution in [0, 0.1) is 11.8 Å². The molecule has 0 radical (unpaired) electrons. The number of carbonyl (C=O) groups is 1. The molecule has 0 aromatic heterocycles. The zero-order valence-corrected chi connectivity index (χ0v) is 15.0. The van der Waals surface area contributed by atoms with Gasteiger partial charge >= 0.3 is 12.3 Å². The third-order valence-corrected chi connectivity index (χ3v) is 5.86. The number of halogens is 3. The van der Waals surface area contributed by atoms with Gasteiger partial charge in [0.25, 0.3) is 0 Å². The van der Waals surface area contributed by atoms with Gasteiger partial charge < -0.3 is 14.4 Å². The van der Waals surface area contributed by atoms with Gasteiger partial charge in [-0.3, -0.25) is 9.69 Å². The van der Waals surface area contributed by atoms with Gasteiger partial charge in [-0.05, 0) is 55.5 Å². The van der Waals surface area contributed by atoms with Crippen LogP contribution in [0.2, 0.25) is 0 Å². The number of cyclic esters (lactones) is 1. The molecule has 2 unspecified atom stereocenters. The fourth-order valence-electron chi connectivity index (χ4n) is 4.37. The van der Waals surface area contributed by atoms with Crippen molar-refractivity contribution in [2.75, 3.05) is 37.7 Å². The summed E-state index contributed by atoms with van der Waals surface area (Å²) in [6, 6.07) is 6.28. The van der Waals surface area contributed by atoms with Crippen LogP contribution in [0.1, 0.15) is 19.3 Å². The maximum absolute atomic E-state index is 12.2. The molecule has 3 aliphatic rings. The van der Waals surface area contributed by atoms with Crippen LogP contribution < -0.4 is 9.64 Å². The third-order valence-electron chi connectivity index (χ3n) is 5.86. The number of alkyl halides is 3. The minimum absolute atomic E-state index is 0.102. The number of nitrogens with zero attached hydrogens (tertiary/aromatic N) is 2. The van der Waals surface area contributed by atoms with E-state index >= 15 is 0 Å². The number of ether oxygens (including phenoxy) is 2. The molecule has 1 aromatic rings. The Bertz CT molecular complexity index is 674. The Morgan fingerprint density at radius 3 is 2.44 bits per heavy atom. The van der Waals surface area contributed by atoms with E-state index in [4.69, 9.17) is 4.74 Å². The smallest absolute Gasteiger partial charge is 0.464 e. The van der Waals surface area contributed by atoms with Gasteiger partial charge in [-0.15, -0.1) is 13.2 Å². The molecular formula is C19H23F3N2O3. The summed E-state index contributed by atoms with van der Waals surface area (Å²) in [7, 11) is 0. The third kappa shape index (κ3) is 4.31. The molecular weight excluding hydrogens is 361 g/mol. The molecule has 0 spiro atoms. The van der Waals surface area contributed by atoms with E-state index in [1.54, 1.807) is 12.1 Å². The number of hydrogen-bond acceptors (Lipinski definition) is 5. The van der Waals surface area contributed by atoms with Gasteiger partial charge in [0.15, 0.2) is 0 Å². The van der Waals surface area contributed by atoms with Crippen LogP contribution in [-0.4, -0.2) is 56.1 Å². The largest absolute Gasteiger partial charge is 0.573 e. The first-order valence-corrected chi connectivity index (χ1v) is 9.38. The van der Waals surface area contributed by atoms with Crippen LogP contribution in [0.5, 0.6) is 5.75 Å². The summed E-state index contributed by atoms with van der Waals surface area (Å²) in [5.41, 5.74) is 0.920. The normalized spacial score (nSPS) is 27.4. The maximum atomic E-state index is 12.2. The van der Waals surface area contributed by atoms with Gasteiger partial charge in [-0.2, -0.15) is 0 Å². The second-order valence-corrected chi connectivity index (χ2v) is 7.64. The van der Waals surface area contributed by atoms with Crippen molar-refractivity contribution in [3.8, 4) is 5.75 Å². The van der Waals surface area contributed by atoms with Crippen LogP contribution in [0.4, 0.5) is 18.9 Å². The summed E-state index contributed by atoms with van der Waals surface area (Å²) < 4.78 is 45.7. The summed E-state index contributed by atoms with van der Waals surface area (Å²) in [5.74, 6) is 0.880. The van der Waals surface area contributed by atoms with Crippen molar-refractivity contribution in [2.24, 2.45) is 11.8 Å². The molecule has 0 aliphatic carbocycles. The van der Waals surface area contributed by atoms with Crippen LogP contribution in [0.15, 0.2) is 24.3 Å². The fraction of sp³-hybridized carbons (Fsp3) is 0.632. The van der Waals surface area contributed by atoms with E-state index in [1.807, 2.05) is 0 Å². The Balaban J connectivity index is 1.28. The first-order chi connectivity index (χ1) is 12.9. The minimum Gasteiger partial charge on any atom is -0.464 e. The topological polar surface area (TPSA) is 42.0 Å². The average molecular weight is 384 g/mol. The van der Waals surface area contributed by atoms with Crippen LogP contribution in [0.3, 0.4) is 0 Å². The van der Waals surface area contributed by atoms with Gasteiger partial charge in [-0.1, -0.05) is 0 Å². The van der Waals surface area contributed by atoms with E-state index < -0.39 is 6.36 Å². The van der Waals surface area contributed by atoms with E-state index in [2.05, 4.69) is 14.5 Å². The van der Waals surface area contributed by atoms with Crippen molar-refractivity contribution in [3.05, 3.63) is 24.3 Å². The molecule has 5 nitrogen and oxygen atoms in total. The lowest BCUT2D eigenvalue weighted by atomic mass is 9.80. The zero-order valence-electron chi connectivity index (χ0n) is 15.0. The molecule has 1 aromatic carbocycles. The molecule has 3 heterocycles. The Labute approximate surface area is 156 Å². The Kier molecular flexibility index (Phi) is 4.92. The summed E-state index contributed by atoms with van der Waals surface area (Å²) in [4.78, 5) is 15.9. The van der Waals surface area contributed by atoms with E-state index in [1.165, 1.54) is 18.6 Å². The molecule has 0 N–H and O–H groups in total. The molecule has 3 aliphatic heterocycles. The quantitative estimate of drug-likeness (QED) is 0.747. The van der Waals surface area contributed by atoms with Crippen LogP contribution >= 0.6 is 0 Å². The number of hydrogen-bond donors (Lipinski definition) is 0. The molecule has 3 fully saturated rings. The second-order valence-electron chi connectivity index (χ2n) is 7.64. The lowest BCUT2D eigenvalue weighted by Crippen LogP contribution is -2.54. The highest BCUT2D eigenvalue weighted by Gasteiger charge is 2.39. The van der Waals surface area contributed by atoms with Crippen molar-refractivity contribution in [1.29, 1.82) is 0 Å². The highest BCUT2D eigenvalue weighted by molar-refractivity contribution is 5.72. The summed E-state index contributed by atoms with van der Waals surface area (Å²) >= 11 is 0. The molecule has 8 heteroatoms. The fourth-order valence-corrected chi connectivity index (χ4v) is 4.37. The van der Waals surface area contributed by atoms with Gasteiger partial charge in [0.05, 0.1) is 12.5 Å². The number of benzene rings is 1. The molecule has 0 bridgehead atoms. The second kappa shape index (κ2) is 7.22. The molecule has 3 saturated heterocycles. The first kappa shape index (κ1) is 18.4. The lowest BCUT2D eigenvalue weighted by molar-refractivity contribution is -0.274. The Morgan fingerprint density at radius 1 is 1.07 bits per heavy atom. The van der Waals surface area contributed by atoms with Crippen molar-refractivity contribution in [2.45, 2.75) is 31.7 Å². The number of piperidine rings is 1. The van der Waals surface area contributed by atoms with E-state index in [-0.39, 0.29) is 17.8 Å². The number of rotatable bonds is 4. The Hall–Kier alpha value is -1.96. The highest BCUT2D eigenvalue weighted by atomic mass is 19.4. The summed E-state index contributed by atoms with van der Waals surface area (Å²) in [6.07, 6.45) is -1.84. The Morgan fingerprint density at radius 2 is 1.81 bits per heavy atom. The van der Waals surface area contributed by atoms with Crippen molar-refractivity contribution < 1.29 is 27.4 Å². The first-order valence-electron chi connectivity index (χ1n) is 9.38. The van der Waals surface area contributed by atoms with E-state index in [0.29, 0.717) is 24.9 Å². The predicted octanol–water partition coefficient (Wildman–Crippen LogP) is 3.05. The van der Waals surface area contributed by atoms with Gasteiger partial charge in [0.2, 0.25) is 0 Å². The average Bonchev–Trinajstić information content (AvgIpc) is 3.01. The van der Waals surface area contributed by atoms with Gasteiger partial charge in [-0.25, -0.2) is 0 Å². The summed E-state index contributed by atoms with van der Waals surface area (Å²) in [5, 5.41) is 0. The molecule has 2 atom stereocenters. The number of carbonyl (C=O) groups excluding carboxylic acids is 1. The van der Waals surface area contributed by atoms with Crippen molar-refractivity contribution in [1.82, 2.24) is 4.90 Å². The lowest BCUT2D eigenvalue weighted by Gasteiger charge is -2.48. The number of esters is 1. The zero-order chi connectivity index (χ0) is 19.0. The number of likely N-dealkylation sites (tertiary alicyclic amines) is 1. The van der Waals surface area contributed by atoms with Gasteiger partial charge in [0, 0.05) is 25.3 Å². The summed E-state index contributed by atoms with van der Waals surface area (Å²) in [6.45, 7) is 4.36. The number of anilines is 1. The SMILES string of the molecule is O=C1CC(N2CCCC(C3CN(c4ccc(OC(F)(F)F)cc4)C3)C2)CO1.